The van der Waals surface area contributed by atoms with E-state index in [0.717, 1.165) is 50.5 Å². The third kappa shape index (κ3) is 4.55. The molecule has 1 saturated heterocycles. The Hall–Kier alpha value is -2.44. The van der Waals surface area contributed by atoms with E-state index >= 15 is 0 Å². The second-order valence-corrected chi connectivity index (χ2v) is 6.60. The van der Waals surface area contributed by atoms with Gasteiger partial charge < -0.3 is 10.2 Å². The van der Waals surface area contributed by atoms with Crippen molar-refractivity contribution in [2.45, 2.75) is 39.7 Å². The zero-order valence-electron chi connectivity index (χ0n) is 15.0. The smallest absolute Gasteiger partial charge is 0.225 e. The van der Waals surface area contributed by atoms with Crippen LogP contribution in [0.4, 0.5) is 5.95 Å². The molecule has 0 aromatic carbocycles. The van der Waals surface area contributed by atoms with Crippen LogP contribution in [0.5, 0.6) is 0 Å². The molecular formula is C18H26N6O. The van der Waals surface area contributed by atoms with Crippen molar-refractivity contribution in [3.05, 3.63) is 35.9 Å². The third-order valence-electron chi connectivity index (χ3n) is 4.65. The summed E-state index contributed by atoms with van der Waals surface area (Å²) in [5.74, 6) is 1.02. The SMILES string of the molecule is Cc1cc(C)n(CCCNC(=O)C2CCN(c3ncccn3)CC2)n1. The van der Waals surface area contributed by atoms with Gasteiger partial charge in [0.2, 0.25) is 11.9 Å². The van der Waals surface area contributed by atoms with Crippen molar-refractivity contribution in [2.75, 3.05) is 24.5 Å². The highest BCUT2D eigenvalue weighted by atomic mass is 16.1. The first-order valence-corrected chi connectivity index (χ1v) is 8.94. The zero-order chi connectivity index (χ0) is 17.6. The van der Waals surface area contributed by atoms with Gasteiger partial charge in [0.15, 0.2) is 0 Å². The van der Waals surface area contributed by atoms with Crippen molar-refractivity contribution < 1.29 is 4.79 Å². The van der Waals surface area contributed by atoms with E-state index in [1.54, 1.807) is 12.4 Å². The number of piperidine rings is 1. The highest BCUT2D eigenvalue weighted by molar-refractivity contribution is 5.78. The number of anilines is 1. The summed E-state index contributed by atoms with van der Waals surface area (Å²) in [5, 5.41) is 7.51. The number of amides is 1. The largest absolute Gasteiger partial charge is 0.356 e. The maximum Gasteiger partial charge on any atom is 0.225 e. The molecule has 2 aromatic heterocycles. The van der Waals surface area contributed by atoms with Gasteiger partial charge in [0, 0.05) is 50.2 Å². The molecule has 7 nitrogen and oxygen atoms in total. The van der Waals surface area contributed by atoms with Crippen molar-refractivity contribution >= 4 is 11.9 Å². The van der Waals surface area contributed by atoms with E-state index in [4.69, 9.17) is 0 Å². The number of aryl methyl sites for hydroxylation is 3. The number of rotatable bonds is 6. The normalized spacial score (nSPS) is 15.4. The van der Waals surface area contributed by atoms with Crippen molar-refractivity contribution in [1.29, 1.82) is 0 Å². The minimum Gasteiger partial charge on any atom is -0.356 e. The average molecular weight is 342 g/mol. The molecule has 2 aromatic rings. The summed E-state index contributed by atoms with van der Waals surface area (Å²) in [6.07, 6.45) is 6.10. The molecule has 3 rings (SSSR count). The molecule has 1 aliphatic heterocycles. The Morgan fingerprint density at radius 1 is 1.24 bits per heavy atom. The van der Waals surface area contributed by atoms with Crippen LogP contribution in [0.3, 0.4) is 0 Å². The monoisotopic (exact) mass is 342 g/mol. The molecule has 25 heavy (non-hydrogen) atoms. The summed E-state index contributed by atoms with van der Waals surface area (Å²) < 4.78 is 2.00. The lowest BCUT2D eigenvalue weighted by Gasteiger charge is -2.31. The molecule has 3 heterocycles. The molecule has 1 fully saturated rings. The minimum absolute atomic E-state index is 0.0913. The first-order valence-electron chi connectivity index (χ1n) is 8.94. The second kappa shape index (κ2) is 8.09. The van der Waals surface area contributed by atoms with Gasteiger partial charge in [-0.25, -0.2) is 9.97 Å². The fourth-order valence-corrected chi connectivity index (χ4v) is 3.28. The topological polar surface area (TPSA) is 75.9 Å². The van der Waals surface area contributed by atoms with Crippen molar-refractivity contribution in [1.82, 2.24) is 25.1 Å². The van der Waals surface area contributed by atoms with E-state index in [-0.39, 0.29) is 11.8 Å². The van der Waals surface area contributed by atoms with Gasteiger partial charge in [-0.3, -0.25) is 9.48 Å². The number of nitrogens with one attached hydrogen (secondary N) is 1. The standard InChI is InChI=1S/C18H26N6O/c1-14-13-15(2)24(22-14)10-4-9-19-17(25)16-5-11-23(12-6-16)18-20-7-3-8-21-18/h3,7-8,13,16H,4-6,9-12H2,1-2H3,(H,19,25). The second-order valence-electron chi connectivity index (χ2n) is 6.60. The molecule has 0 spiro atoms. The number of nitrogens with zero attached hydrogens (tertiary/aromatic N) is 5. The molecule has 1 aliphatic rings. The molecule has 134 valence electrons. The van der Waals surface area contributed by atoms with Crippen LogP contribution in [-0.2, 0) is 11.3 Å². The Kier molecular flexibility index (Phi) is 5.63. The molecule has 0 atom stereocenters. The van der Waals surface area contributed by atoms with Gasteiger partial charge in [0.25, 0.3) is 0 Å². The maximum absolute atomic E-state index is 12.3. The lowest BCUT2D eigenvalue weighted by molar-refractivity contribution is -0.125. The molecule has 1 N–H and O–H groups in total. The van der Waals surface area contributed by atoms with Crippen molar-refractivity contribution in [2.24, 2.45) is 5.92 Å². The van der Waals surface area contributed by atoms with E-state index in [0.29, 0.717) is 6.54 Å². The van der Waals surface area contributed by atoms with Gasteiger partial charge in [-0.15, -0.1) is 0 Å². The fourth-order valence-electron chi connectivity index (χ4n) is 3.28. The molecule has 1 amide bonds. The Labute approximate surface area is 148 Å². The molecule has 0 unspecified atom stereocenters. The van der Waals surface area contributed by atoms with Gasteiger partial charge in [-0.2, -0.15) is 5.10 Å². The first-order chi connectivity index (χ1) is 12.1. The molecule has 0 radical (unpaired) electrons. The van der Waals surface area contributed by atoms with Crippen LogP contribution in [0.1, 0.15) is 30.7 Å². The van der Waals surface area contributed by atoms with Gasteiger partial charge in [-0.1, -0.05) is 0 Å². The Bertz CT molecular complexity index is 691. The van der Waals surface area contributed by atoms with Crippen LogP contribution >= 0.6 is 0 Å². The zero-order valence-corrected chi connectivity index (χ0v) is 15.0. The van der Waals surface area contributed by atoms with E-state index in [1.165, 1.54) is 5.69 Å². The number of aromatic nitrogens is 4. The quantitative estimate of drug-likeness (QED) is 0.809. The van der Waals surface area contributed by atoms with E-state index in [9.17, 15) is 4.79 Å². The van der Waals surface area contributed by atoms with E-state index in [2.05, 4.69) is 38.3 Å². The van der Waals surface area contributed by atoms with Gasteiger partial charge in [0.05, 0.1) is 5.69 Å². The first kappa shape index (κ1) is 17.4. The molecule has 0 saturated carbocycles. The lowest BCUT2D eigenvalue weighted by Crippen LogP contribution is -2.41. The third-order valence-corrected chi connectivity index (χ3v) is 4.65. The van der Waals surface area contributed by atoms with Crippen molar-refractivity contribution in [3.8, 4) is 0 Å². The summed E-state index contributed by atoms with van der Waals surface area (Å²) in [6.45, 7) is 7.24. The van der Waals surface area contributed by atoms with Crippen LogP contribution in [-0.4, -0.2) is 45.3 Å². The van der Waals surface area contributed by atoms with Crippen LogP contribution in [0, 0.1) is 19.8 Å². The number of carbonyl (C=O) groups excluding carboxylic acids is 1. The summed E-state index contributed by atoms with van der Waals surface area (Å²) in [6, 6.07) is 3.89. The minimum atomic E-state index is 0.0913. The lowest BCUT2D eigenvalue weighted by atomic mass is 9.96. The number of hydrogen-bond acceptors (Lipinski definition) is 5. The molecule has 0 bridgehead atoms. The number of hydrogen-bond donors (Lipinski definition) is 1. The highest BCUT2D eigenvalue weighted by Crippen LogP contribution is 2.20. The molecule has 0 aliphatic carbocycles. The Balaban J connectivity index is 1.37. The van der Waals surface area contributed by atoms with E-state index < -0.39 is 0 Å². The van der Waals surface area contributed by atoms with Crippen LogP contribution < -0.4 is 10.2 Å². The van der Waals surface area contributed by atoms with Gasteiger partial charge in [-0.05, 0) is 45.2 Å². The summed E-state index contributed by atoms with van der Waals surface area (Å²) in [7, 11) is 0. The van der Waals surface area contributed by atoms with E-state index in [1.807, 2.05) is 17.7 Å². The van der Waals surface area contributed by atoms with Crippen molar-refractivity contribution in [3.63, 3.8) is 0 Å². The van der Waals surface area contributed by atoms with Crippen LogP contribution in [0.2, 0.25) is 0 Å². The predicted octanol–water partition coefficient (Wildman–Crippen LogP) is 1.71. The maximum atomic E-state index is 12.3. The molecular weight excluding hydrogens is 316 g/mol. The summed E-state index contributed by atoms with van der Waals surface area (Å²) in [5.41, 5.74) is 2.20. The fraction of sp³-hybridized carbons (Fsp3) is 0.556. The Morgan fingerprint density at radius 3 is 2.60 bits per heavy atom. The highest BCUT2D eigenvalue weighted by Gasteiger charge is 2.25. The van der Waals surface area contributed by atoms with Crippen LogP contribution in [0.25, 0.3) is 0 Å². The van der Waals surface area contributed by atoms with Gasteiger partial charge >= 0.3 is 0 Å². The summed E-state index contributed by atoms with van der Waals surface area (Å²) in [4.78, 5) is 23.0. The summed E-state index contributed by atoms with van der Waals surface area (Å²) >= 11 is 0. The molecule has 7 heteroatoms. The van der Waals surface area contributed by atoms with Gasteiger partial charge in [0.1, 0.15) is 0 Å². The predicted molar refractivity (Wildman–Crippen MR) is 96.3 cm³/mol. The van der Waals surface area contributed by atoms with Crippen LogP contribution in [0.15, 0.2) is 24.5 Å². The number of carbonyl (C=O) groups is 1. The Morgan fingerprint density at radius 2 is 1.96 bits per heavy atom. The average Bonchev–Trinajstić information content (AvgIpc) is 2.97.